The highest BCUT2D eigenvalue weighted by Crippen LogP contribution is 2.42. The second kappa shape index (κ2) is 5.24. The topological polar surface area (TPSA) is 18.5 Å². The second-order valence-corrected chi connectivity index (χ2v) is 6.44. The van der Waals surface area contributed by atoms with Gasteiger partial charge >= 0.3 is 0 Å². The number of hydrogen-bond acceptors (Lipinski definition) is 2. The predicted octanol–water partition coefficient (Wildman–Crippen LogP) is 4.33. The van der Waals surface area contributed by atoms with Gasteiger partial charge in [-0.05, 0) is 55.9 Å². The molecular weight excluding hydrogens is 260 g/mol. The fourth-order valence-corrected chi connectivity index (χ4v) is 3.88. The van der Waals surface area contributed by atoms with E-state index < -0.39 is 0 Å². The molecule has 1 saturated carbocycles. The van der Waals surface area contributed by atoms with Gasteiger partial charge in [0.2, 0.25) is 0 Å². The Bertz CT molecular complexity index is 452. The number of hydrogen-bond donors (Lipinski definition) is 0. The van der Waals surface area contributed by atoms with E-state index in [1.807, 2.05) is 12.1 Å². The van der Waals surface area contributed by atoms with Crippen molar-refractivity contribution in [2.45, 2.75) is 55.9 Å². The van der Waals surface area contributed by atoms with Crippen molar-refractivity contribution in [1.82, 2.24) is 0 Å². The molecule has 0 aromatic heterocycles. The molecule has 104 valence electrons. The average Bonchev–Trinajstić information content (AvgIpc) is 2.53. The standard InChI is InChI=1S/C16H21ClO2/c1-18-14-5-6-15-12(10-14)9-13(17)11-16(19-15)7-3-2-4-8-16/h5-6,10,13H,2-4,7-9,11H2,1H3. The molecule has 1 aliphatic carbocycles. The van der Waals surface area contributed by atoms with Gasteiger partial charge in [-0.25, -0.2) is 0 Å². The first-order valence-electron chi connectivity index (χ1n) is 7.21. The quantitative estimate of drug-likeness (QED) is 0.713. The summed E-state index contributed by atoms with van der Waals surface area (Å²) in [7, 11) is 1.69. The van der Waals surface area contributed by atoms with Crippen LogP contribution in [0.15, 0.2) is 18.2 Å². The smallest absolute Gasteiger partial charge is 0.123 e. The number of methoxy groups -OCH3 is 1. The van der Waals surface area contributed by atoms with Gasteiger partial charge in [0.25, 0.3) is 0 Å². The first-order chi connectivity index (χ1) is 9.21. The van der Waals surface area contributed by atoms with Gasteiger partial charge in [-0.2, -0.15) is 0 Å². The van der Waals surface area contributed by atoms with Crippen LogP contribution in [0.25, 0.3) is 0 Å². The summed E-state index contributed by atoms with van der Waals surface area (Å²) in [5.41, 5.74) is 1.16. The molecular formula is C16H21ClO2. The Morgan fingerprint density at radius 1 is 1.26 bits per heavy atom. The molecule has 1 unspecified atom stereocenters. The maximum atomic E-state index is 6.55. The summed E-state index contributed by atoms with van der Waals surface area (Å²) in [6, 6.07) is 6.08. The normalized spacial score (nSPS) is 25.3. The number of fused-ring (bicyclic) bond motifs is 1. The van der Waals surface area contributed by atoms with Crippen LogP contribution in [0.5, 0.6) is 11.5 Å². The number of ether oxygens (including phenoxy) is 2. The largest absolute Gasteiger partial charge is 0.497 e. The van der Waals surface area contributed by atoms with Crippen molar-refractivity contribution in [2.75, 3.05) is 7.11 Å². The van der Waals surface area contributed by atoms with Crippen LogP contribution >= 0.6 is 11.6 Å². The highest BCUT2D eigenvalue weighted by atomic mass is 35.5. The van der Waals surface area contributed by atoms with Gasteiger partial charge in [-0.3, -0.25) is 0 Å². The molecule has 19 heavy (non-hydrogen) atoms. The zero-order valence-electron chi connectivity index (χ0n) is 11.5. The summed E-state index contributed by atoms with van der Waals surface area (Å²) in [5, 5.41) is 0.159. The van der Waals surface area contributed by atoms with Crippen LogP contribution in [0.3, 0.4) is 0 Å². The second-order valence-electron chi connectivity index (χ2n) is 5.82. The third-order valence-electron chi connectivity index (χ3n) is 4.39. The van der Waals surface area contributed by atoms with Crippen molar-refractivity contribution >= 4 is 11.6 Å². The summed E-state index contributed by atoms with van der Waals surface area (Å²) < 4.78 is 11.7. The molecule has 1 aliphatic heterocycles. The molecule has 0 saturated heterocycles. The van der Waals surface area contributed by atoms with Gasteiger partial charge in [-0.1, -0.05) is 6.42 Å². The van der Waals surface area contributed by atoms with E-state index >= 15 is 0 Å². The molecule has 1 spiro atoms. The molecule has 0 N–H and O–H groups in total. The molecule has 1 atom stereocenters. The molecule has 3 heteroatoms. The Balaban J connectivity index is 1.93. The van der Waals surface area contributed by atoms with Crippen LogP contribution in [0.1, 0.15) is 44.1 Å². The first kappa shape index (κ1) is 13.1. The maximum Gasteiger partial charge on any atom is 0.123 e. The van der Waals surface area contributed by atoms with Crippen LogP contribution in [-0.4, -0.2) is 18.1 Å². The molecule has 0 amide bonds. The van der Waals surface area contributed by atoms with Gasteiger partial charge in [0.1, 0.15) is 17.1 Å². The minimum Gasteiger partial charge on any atom is -0.497 e. The van der Waals surface area contributed by atoms with E-state index in [0.717, 1.165) is 37.2 Å². The number of benzene rings is 1. The lowest BCUT2D eigenvalue weighted by molar-refractivity contribution is 0.0256. The van der Waals surface area contributed by atoms with Crippen molar-refractivity contribution in [3.8, 4) is 11.5 Å². The lowest BCUT2D eigenvalue weighted by Gasteiger charge is -2.37. The zero-order valence-corrected chi connectivity index (χ0v) is 12.2. The molecule has 1 fully saturated rings. The third-order valence-corrected chi connectivity index (χ3v) is 4.70. The summed E-state index contributed by atoms with van der Waals surface area (Å²) in [6.07, 6.45) is 7.96. The zero-order chi connectivity index (χ0) is 13.3. The van der Waals surface area contributed by atoms with Crippen molar-refractivity contribution < 1.29 is 9.47 Å². The minimum absolute atomic E-state index is 0.0233. The molecule has 0 bridgehead atoms. The van der Waals surface area contributed by atoms with E-state index in [0.29, 0.717) is 0 Å². The lowest BCUT2D eigenvalue weighted by atomic mass is 9.81. The molecule has 2 aliphatic rings. The molecule has 1 aromatic rings. The third kappa shape index (κ3) is 2.69. The lowest BCUT2D eigenvalue weighted by Crippen LogP contribution is -2.39. The summed E-state index contributed by atoms with van der Waals surface area (Å²) >= 11 is 6.55. The fourth-order valence-electron chi connectivity index (χ4n) is 3.43. The van der Waals surface area contributed by atoms with E-state index in [1.54, 1.807) is 7.11 Å². The van der Waals surface area contributed by atoms with Gasteiger partial charge in [0, 0.05) is 11.8 Å². The Morgan fingerprint density at radius 2 is 2.05 bits per heavy atom. The molecule has 0 radical (unpaired) electrons. The summed E-state index contributed by atoms with van der Waals surface area (Å²) in [5.74, 6) is 1.89. The number of alkyl halides is 1. The molecule has 1 heterocycles. The van der Waals surface area contributed by atoms with Gasteiger partial charge in [0.05, 0.1) is 7.11 Å². The van der Waals surface area contributed by atoms with Gasteiger partial charge in [0.15, 0.2) is 0 Å². The van der Waals surface area contributed by atoms with Crippen molar-refractivity contribution in [3.63, 3.8) is 0 Å². The number of halogens is 1. The monoisotopic (exact) mass is 280 g/mol. The van der Waals surface area contributed by atoms with Crippen LogP contribution in [0.2, 0.25) is 0 Å². The highest BCUT2D eigenvalue weighted by Gasteiger charge is 2.39. The first-order valence-corrected chi connectivity index (χ1v) is 7.64. The summed E-state index contributed by atoms with van der Waals surface area (Å²) in [4.78, 5) is 0. The van der Waals surface area contributed by atoms with Gasteiger partial charge < -0.3 is 9.47 Å². The Hall–Kier alpha value is -0.890. The van der Waals surface area contributed by atoms with E-state index in [2.05, 4.69) is 6.07 Å². The van der Waals surface area contributed by atoms with Crippen LogP contribution in [0.4, 0.5) is 0 Å². The van der Waals surface area contributed by atoms with E-state index in [4.69, 9.17) is 21.1 Å². The number of rotatable bonds is 1. The minimum atomic E-state index is -0.0233. The SMILES string of the molecule is COc1ccc2c(c1)CC(Cl)CC1(CCCCC1)O2. The summed E-state index contributed by atoms with van der Waals surface area (Å²) in [6.45, 7) is 0. The predicted molar refractivity (Wildman–Crippen MR) is 77.4 cm³/mol. The van der Waals surface area contributed by atoms with E-state index in [-0.39, 0.29) is 11.0 Å². The van der Waals surface area contributed by atoms with Crippen LogP contribution < -0.4 is 9.47 Å². The van der Waals surface area contributed by atoms with Crippen molar-refractivity contribution in [2.24, 2.45) is 0 Å². The Kier molecular flexibility index (Phi) is 3.62. The fraction of sp³-hybridized carbons (Fsp3) is 0.625. The Labute approximate surface area is 120 Å². The Morgan fingerprint density at radius 3 is 2.79 bits per heavy atom. The van der Waals surface area contributed by atoms with Crippen molar-refractivity contribution in [3.05, 3.63) is 23.8 Å². The van der Waals surface area contributed by atoms with Crippen LogP contribution in [-0.2, 0) is 6.42 Å². The van der Waals surface area contributed by atoms with E-state index in [1.165, 1.54) is 24.8 Å². The van der Waals surface area contributed by atoms with Gasteiger partial charge in [-0.15, -0.1) is 11.6 Å². The molecule has 1 aromatic carbocycles. The maximum absolute atomic E-state index is 6.55. The average molecular weight is 281 g/mol. The van der Waals surface area contributed by atoms with Crippen LogP contribution in [0, 0.1) is 0 Å². The van der Waals surface area contributed by atoms with E-state index in [9.17, 15) is 0 Å². The van der Waals surface area contributed by atoms with Crippen molar-refractivity contribution in [1.29, 1.82) is 0 Å². The highest BCUT2D eigenvalue weighted by molar-refractivity contribution is 6.20. The molecule has 3 rings (SSSR count). The molecule has 2 nitrogen and oxygen atoms in total.